The molecule has 9 heavy (non-hydrogen) atoms. The fourth-order valence-corrected chi connectivity index (χ4v) is 1.35. The van der Waals surface area contributed by atoms with Crippen LogP contribution in [0.2, 0.25) is 0 Å². The highest BCUT2D eigenvalue weighted by atomic mass is 32.2. The largest absolute Gasteiger partial charge is 0.373 e. The van der Waals surface area contributed by atoms with Crippen molar-refractivity contribution in [2.24, 2.45) is 0 Å². The molecular formula is C4H5NO2S2. The highest BCUT2D eigenvalue weighted by Gasteiger charge is 2.07. The van der Waals surface area contributed by atoms with Gasteiger partial charge in [0, 0.05) is 23.6 Å². The summed E-state index contributed by atoms with van der Waals surface area (Å²) < 4.78 is 8.34. The minimum absolute atomic E-state index is 0.386. The van der Waals surface area contributed by atoms with E-state index in [4.69, 9.17) is 9.66 Å². The van der Waals surface area contributed by atoms with E-state index < -0.39 is 5.44 Å². The van der Waals surface area contributed by atoms with Crippen LogP contribution >= 0.6 is 23.4 Å². The molecule has 0 aliphatic heterocycles. The molecule has 5 heteroatoms. The normalized spacial score (nSPS) is 13.6. The quantitative estimate of drug-likeness (QED) is 0.510. The number of aliphatic hydroxyl groups excluding tert-OH is 1. The number of thiazole rings is 1. The molecule has 0 bridgehead atoms. The van der Waals surface area contributed by atoms with E-state index in [9.17, 15) is 0 Å². The summed E-state index contributed by atoms with van der Waals surface area (Å²) in [5.41, 5.74) is -0.884. The number of rotatable bonds is 2. The molecule has 0 amide bonds. The number of hydrogen-bond acceptors (Lipinski definition) is 5. The number of nitrogens with zero attached hydrogens (tertiary/aromatic N) is 1. The Morgan fingerprint density at radius 1 is 1.78 bits per heavy atom. The summed E-state index contributed by atoms with van der Waals surface area (Å²) in [5, 5.41) is 11.2. The SMILES string of the molecule is OSC(O)c1nccs1. The fraction of sp³-hybridized carbons (Fsp3) is 0.250. The average Bonchev–Trinajstić information content (AvgIpc) is 2.37. The maximum atomic E-state index is 8.88. The summed E-state index contributed by atoms with van der Waals surface area (Å²) in [6, 6.07) is 0. The molecule has 0 aromatic carbocycles. The highest BCUT2D eigenvalue weighted by molar-refractivity contribution is 7.93. The van der Waals surface area contributed by atoms with Crippen LogP contribution in [0.4, 0.5) is 0 Å². The lowest BCUT2D eigenvalue weighted by molar-refractivity contribution is 0.262. The monoisotopic (exact) mass is 163 g/mol. The van der Waals surface area contributed by atoms with Crippen LogP contribution < -0.4 is 0 Å². The van der Waals surface area contributed by atoms with Crippen molar-refractivity contribution in [3.8, 4) is 0 Å². The first kappa shape index (κ1) is 7.01. The van der Waals surface area contributed by atoms with Crippen molar-refractivity contribution < 1.29 is 9.66 Å². The highest BCUT2D eigenvalue weighted by Crippen LogP contribution is 2.23. The molecule has 1 atom stereocenters. The van der Waals surface area contributed by atoms with E-state index in [1.165, 1.54) is 11.3 Å². The Balaban J connectivity index is 2.65. The van der Waals surface area contributed by atoms with Gasteiger partial charge in [0.25, 0.3) is 0 Å². The van der Waals surface area contributed by atoms with Crippen LogP contribution in [-0.2, 0) is 0 Å². The fourth-order valence-electron chi connectivity index (χ4n) is 0.402. The van der Waals surface area contributed by atoms with Crippen molar-refractivity contribution in [1.82, 2.24) is 4.98 Å². The van der Waals surface area contributed by atoms with Gasteiger partial charge >= 0.3 is 0 Å². The Kier molecular flexibility index (Phi) is 2.47. The molecule has 1 aromatic rings. The van der Waals surface area contributed by atoms with Crippen LogP contribution in [0.1, 0.15) is 10.4 Å². The zero-order valence-corrected chi connectivity index (χ0v) is 6.02. The summed E-state index contributed by atoms with van der Waals surface area (Å²) >= 11 is 1.70. The van der Waals surface area contributed by atoms with Crippen molar-refractivity contribution in [2.45, 2.75) is 5.44 Å². The molecule has 0 saturated carbocycles. The van der Waals surface area contributed by atoms with Crippen molar-refractivity contribution in [2.75, 3.05) is 0 Å². The maximum Gasteiger partial charge on any atom is 0.176 e. The zero-order valence-electron chi connectivity index (χ0n) is 4.39. The molecule has 0 spiro atoms. The predicted octanol–water partition coefficient (Wildman–Crippen LogP) is 1.34. The van der Waals surface area contributed by atoms with E-state index in [1.807, 2.05) is 0 Å². The average molecular weight is 163 g/mol. The summed E-state index contributed by atoms with van der Waals surface area (Å²) in [6.07, 6.45) is 1.58. The molecule has 2 N–H and O–H groups in total. The van der Waals surface area contributed by atoms with Crippen LogP contribution in [0.15, 0.2) is 11.6 Å². The van der Waals surface area contributed by atoms with Gasteiger partial charge in [-0.05, 0) is 0 Å². The Morgan fingerprint density at radius 2 is 2.56 bits per heavy atom. The molecule has 1 rings (SSSR count). The molecule has 0 saturated heterocycles. The van der Waals surface area contributed by atoms with Gasteiger partial charge in [-0.15, -0.1) is 11.3 Å². The molecule has 0 aliphatic rings. The molecule has 0 radical (unpaired) electrons. The Labute approximate surface area is 60.6 Å². The first-order valence-electron chi connectivity index (χ1n) is 2.22. The Hall–Kier alpha value is -0.100. The van der Waals surface area contributed by atoms with E-state index in [0.29, 0.717) is 17.1 Å². The van der Waals surface area contributed by atoms with Crippen molar-refractivity contribution in [3.05, 3.63) is 16.6 Å². The molecule has 0 fully saturated rings. The molecule has 1 heterocycles. The van der Waals surface area contributed by atoms with Crippen LogP contribution in [0, 0.1) is 0 Å². The van der Waals surface area contributed by atoms with Crippen LogP contribution in [-0.4, -0.2) is 14.6 Å². The lowest BCUT2D eigenvalue weighted by Gasteiger charge is -1.97. The minimum Gasteiger partial charge on any atom is -0.373 e. The lowest BCUT2D eigenvalue weighted by Crippen LogP contribution is -1.87. The molecular weight excluding hydrogens is 158 g/mol. The van der Waals surface area contributed by atoms with Gasteiger partial charge in [-0.2, -0.15) is 0 Å². The van der Waals surface area contributed by atoms with E-state index in [-0.39, 0.29) is 0 Å². The van der Waals surface area contributed by atoms with Gasteiger partial charge < -0.3 is 9.66 Å². The summed E-state index contributed by atoms with van der Waals surface area (Å²) in [7, 11) is 0. The Morgan fingerprint density at radius 3 is 3.00 bits per heavy atom. The third-order valence-corrected chi connectivity index (χ3v) is 2.16. The third-order valence-electron chi connectivity index (χ3n) is 0.763. The second-order valence-corrected chi connectivity index (χ2v) is 2.91. The molecule has 1 unspecified atom stereocenters. The molecule has 3 nitrogen and oxygen atoms in total. The predicted molar refractivity (Wildman–Crippen MR) is 37.3 cm³/mol. The first-order chi connectivity index (χ1) is 4.34. The van der Waals surface area contributed by atoms with E-state index >= 15 is 0 Å². The smallest absolute Gasteiger partial charge is 0.176 e. The minimum atomic E-state index is -0.884. The second-order valence-electron chi connectivity index (χ2n) is 1.33. The standard InChI is InChI=1S/C4H5NO2S2/c6-4(9-7)3-5-1-2-8-3/h1-2,4,6-7H. The van der Waals surface area contributed by atoms with E-state index in [0.717, 1.165) is 0 Å². The summed E-state index contributed by atoms with van der Waals surface area (Å²) in [6.45, 7) is 0. The van der Waals surface area contributed by atoms with Crippen molar-refractivity contribution in [3.63, 3.8) is 0 Å². The first-order valence-corrected chi connectivity index (χ1v) is 3.94. The summed E-state index contributed by atoms with van der Waals surface area (Å²) in [4.78, 5) is 3.77. The van der Waals surface area contributed by atoms with Gasteiger partial charge in [0.05, 0.1) is 0 Å². The lowest BCUT2D eigenvalue weighted by atomic mass is 10.7. The number of hydrogen-bond donors (Lipinski definition) is 2. The van der Waals surface area contributed by atoms with Crippen LogP contribution in [0.3, 0.4) is 0 Å². The molecule has 50 valence electrons. The van der Waals surface area contributed by atoms with E-state index in [2.05, 4.69) is 4.98 Å². The second kappa shape index (κ2) is 3.17. The van der Waals surface area contributed by atoms with Crippen LogP contribution in [0.25, 0.3) is 0 Å². The number of aromatic nitrogens is 1. The van der Waals surface area contributed by atoms with Gasteiger partial charge in [0.15, 0.2) is 5.44 Å². The van der Waals surface area contributed by atoms with Gasteiger partial charge in [-0.3, -0.25) is 0 Å². The maximum absolute atomic E-state index is 8.88. The topological polar surface area (TPSA) is 53.4 Å². The summed E-state index contributed by atoms with van der Waals surface area (Å²) in [5.74, 6) is 0. The van der Waals surface area contributed by atoms with Crippen molar-refractivity contribution in [1.29, 1.82) is 0 Å². The molecule has 0 aliphatic carbocycles. The van der Waals surface area contributed by atoms with Gasteiger partial charge in [-0.25, -0.2) is 4.98 Å². The number of aliphatic hydroxyl groups is 1. The van der Waals surface area contributed by atoms with Crippen LogP contribution in [0.5, 0.6) is 0 Å². The molecule has 1 aromatic heterocycles. The van der Waals surface area contributed by atoms with Gasteiger partial charge in [0.1, 0.15) is 5.01 Å². The zero-order chi connectivity index (χ0) is 6.69. The Bertz CT molecular complexity index is 165. The third kappa shape index (κ3) is 1.65. The van der Waals surface area contributed by atoms with E-state index in [1.54, 1.807) is 11.6 Å². The van der Waals surface area contributed by atoms with Gasteiger partial charge in [0.2, 0.25) is 0 Å². The van der Waals surface area contributed by atoms with Gasteiger partial charge in [-0.1, -0.05) is 0 Å². The van der Waals surface area contributed by atoms with Crippen molar-refractivity contribution >= 4 is 23.4 Å².